The Labute approximate surface area is 168 Å². The van der Waals surface area contributed by atoms with Crippen molar-refractivity contribution in [3.05, 3.63) is 89.7 Å². The number of hydrogen-bond acceptors (Lipinski definition) is 3. The lowest BCUT2D eigenvalue weighted by molar-refractivity contribution is 0.251. The summed E-state index contributed by atoms with van der Waals surface area (Å²) in [7, 11) is 1.59. The highest BCUT2D eigenvalue weighted by atomic mass is 19.1. The van der Waals surface area contributed by atoms with E-state index in [1.54, 1.807) is 24.1 Å². The van der Waals surface area contributed by atoms with Gasteiger partial charge in [0.05, 0.1) is 13.2 Å². The van der Waals surface area contributed by atoms with E-state index in [0.717, 1.165) is 11.1 Å². The number of nitrogens with one attached hydrogen (secondary N) is 1. The molecule has 1 aliphatic heterocycles. The lowest BCUT2D eigenvalue weighted by atomic mass is 10.0. The Morgan fingerprint density at radius 1 is 1.03 bits per heavy atom. The van der Waals surface area contributed by atoms with Crippen LogP contribution < -0.4 is 19.7 Å². The van der Waals surface area contributed by atoms with Gasteiger partial charge in [0.25, 0.3) is 0 Å². The number of urea groups is 1. The van der Waals surface area contributed by atoms with Gasteiger partial charge in [-0.3, -0.25) is 4.90 Å². The van der Waals surface area contributed by atoms with E-state index in [4.69, 9.17) is 9.47 Å². The molecule has 2 amide bonds. The number of amides is 2. The van der Waals surface area contributed by atoms with Gasteiger partial charge in [-0.2, -0.15) is 0 Å². The number of halogens is 1. The minimum Gasteiger partial charge on any atom is -0.493 e. The van der Waals surface area contributed by atoms with Gasteiger partial charge in [-0.15, -0.1) is 0 Å². The monoisotopic (exact) mass is 392 g/mol. The second kappa shape index (κ2) is 8.22. The number of carbonyl (C=O) groups excluding carboxylic acids is 1. The SMILES string of the molecule is COc1ccc(C2CNC(=O)N2c2cccc(F)c2)cc1OCc1ccccc1. The molecular formula is C23H21FN2O3. The van der Waals surface area contributed by atoms with Gasteiger partial charge in [-0.25, -0.2) is 9.18 Å². The van der Waals surface area contributed by atoms with Crippen molar-refractivity contribution < 1.29 is 18.7 Å². The zero-order chi connectivity index (χ0) is 20.2. The number of anilines is 1. The molecule has 0 bridgehead atoms. The van der Waals surface area contributed by atoms with Crippen LogP contribution in [0.4, 0.5) is 14.9 Å². The first kappa shape index (κ1) is 18.8. The van der Waals surface area contributed by atoms with E-state index in [-0.39, 0.29) is 17.9 Å². The third-order valence-electron chi connectivity index (χ3n) is 4.87. The van der Waals surface area contributed by atoms with Gasteiger partial charge in [-0.05, 0) is 41.5 Å². The second-order valence-electron chi connectivity index (χ2n) is 6.74. The Morgan fingerprint density at radius 2 is 1.86 bits per heavy atom. The molecule has 3 aromatic rings. The summed E-state index contributed by atoms with van der Waals surface area (Å²) in [4.78, 5) is 14.0. The van der Waals surface area contributed by atoms with Crippen molar-refractivity contribution in [3.8, 4) is 11.5 Å². The first-order valence-electron chi connectivity index (χ1n) is 9.33. The number of carbonyl (C=O) groups is 1. The minimum atomic E-state index is -0.387. The van der Waals surface area contributed by atoms with E-state index < -0.39 is 0 Å². The number of hydrogen-bond donors (Lipinski definition) is 1. The lowest BCUT2D eigenvalue weighted by Crippen LogP contribution is -2.29. The number of ether oxygens (including phenoxy) is 2. The maximum Gasteiger partial charge on any atom is 0.322 e. The van der Waals surface area contributed by atoms with Crippen LogP contribution in [0.25, 0.3) is 0 Å². The van der Waals surface area contributed by atoms with Gasteiger partial charge < -0.3 is 14.8 Å². The molecule has 0 spiro atoms. The zero-order valence-electron chi connectivity index (χ0n) is 16.0. The van der Waals surface area contributed by atoms with Crippen LogP contribution in [-0.4, -0.2) is 19.7 Å². The van der Waals surface area contributed by atoms with Crippen molar-refractivity contribution in [2.45, 2.75) is 12.6 Å². The summed E-state index contributed by atoms with van der Waals surface area (Å²) in [5.41, 5.74) is 2.42. The molecular weight excluding hydrogens is 371 g/mol. The lowest BCUT2D eigenvalue weighted by Gasteiger charge is -2.24. The van der Waals surface area contributed by atoms with Crippen molar-refractivity contribution in [1.82, 2.24) is 5.32 Å². The molecule has 1 heterocycles. The largest absolute Gasteiger partial charge is 0.493 e. The van der Waals surface area contributed by atoms with Crippen LogP contribution >= 0.6 is 0 Å². The van der Waals surface area contributed by atoms with E-state index in [9.17, 15) is 9.18 Å². The summed E-state index contributed by atoms with van der Waals surface area (Å²) < 4.78 is 25.1. The first-order valence-corrected chi connectivity index (χ1v) is 9.33. The molecule has 0 aromatic heterocycles. The van der Waals surface area contributed by atoms with E-state index in [1.807, 2.05) is 48.5 Å². The predicted octanol–water partition coefficient (Wildman–Crippen LogP) is 4.68. The number of nitrogens with zero attached hydrogens (tertiary/aromatic N) is 1. The number of methoxy groups -OCH3 is 1. The Bertz CT molecular complexity index is 1010. The molecule has 3 aromatic carbocycles. The molecule has 4 rings (SSSR count). The second-order valence-corrected chi connectivity index (χ2v) is 6.74. The van der Waals surface area contributed by atoms with E-state index >= 15 is 0 Å². The van der Waals surface area contributed by atoms with Gasteiger partial charge in [-0.1, -0.05) is 42.5 Å². The van der Waals surface area contributed by atoms with Gasteiger partial charge in [0.2, 0.25) is 0 Å². The highest BCUT2D eigenvalue weighted by Crippen LogP contribution is 2.36. The van der Waals surface area contributed by atoms with Gasteiger partial charge >= 0.3 is 6.03 Å². The van der Waals surface area contributed by atoms with Crippen LogP contribution in [0.2, 0.25) is 0 Å². The fourth-order valence-electron chi connectivity index (χ4n) is 3.44. The molecule has 1 saturated heterocycles. The third kappa shape index (κ3) is 4.01. The summed E-state index contributed by atoms with van der Waals surface area (Å²) in [6.45, 7) is 0.815. The third-order valence-corrected chi connectivity index (χ3v) is 4.87. The molecule has 1 N–H and O–H groups in total. The van der Waals surface area contributed by atoms with Crippen molar-refractivity contribution >= 4 is 11.7 Å². The first-order chi connectivity index (χ1) is 14.2. The molecule has 1 fully saturated rings. The molecule has 6 heteroatoms. The number of rotatable bonds is 6. The average molecular weight is 392 g/mol. The summed E-state index contributed by atoms with van der Waals surface area (Å²) in [5, 5.41) is 2.83. The zero-order valence-corrected chi connectivity index (χ0v) is 16.0. The topological polar surface area (TPSA) is 50.8 Å². The molecule has 0 saturated carbocycles. The van der Waals surface area contributed by atoms with Crippen molar-refractivity contribution in [1.29, 1.82) is 0 Å². The molecule has 148 valence electrons. The van der Waals surface area contributed by atoms with E-state index in [1.165, 1.54) is 12.1 Å². The molecule has 0 aliphatic carbocycles. The summed E-state index contributed by atoms with van der Waals surface area (Å²) in [5.74, 6) is 0.814. The van der Waals surface area contributed by atoms with Gasteiger partial charge in [0.15, 0.2) is 11.5 Å². The number of benzene rings is 3. The van der Waals surface area contributed by atoms with Crippen molar-refractivity contribution in [2.75, 3.05) is 18.6 Å². The van der Waals surface area contributed by atoms with Crippen LogP contribution in [0.15, 0.2) is 72.8 Å². The van der Waals surface area contributed by atoms with Crippen LogP contribution in [0.3, 0.4) is 0 Å². The highest BCUT2D eigenvalue weighted by Gasteiger charge is 2.33. The highest BCUT2D eigenvalue weighted by molar-refractivity contribution is 5.95. The average Bonchev–Trinajstić information content (AvgIpc) is 3.14. The van der Waals surface area contributed by atoms with Crippen molar-refractivity contribution in [3.63, 3.8) is 0 Å². The molecule has 5 nitrogen and oxygen atoms in total. The van der Waals surface area contributed by atoms with Crippen LogP contribution in [0.5, 0.6) is 11.5 Å². The Kier molecular flexibility index (Phi) is 5.33. The maximum atomic E-state index is 13.7. The molecule has 1 aliphatic rings. The fourth-order valence-corrected chi connectivity index (χ4v) is 3.44. The molecule has 29 heavy (non-hydrogen) atoms. The molecule has 1 atom stereocenters. The van der Waals surface area contributed by atoms with Gasteiger partial charge in [0, 0.05) is 12.2 Å². The quantitative estimate of drug-likeness (QED) is 0.662. The minimum absolute atomic E-state index is 0.261. The Morgan fingerprint density at radius 3 is 2.62 bits per heavy atom. The van der Waals surface area contributed by atoms with E-state index in [0.29, 0.717) is 30.3 Å². The molecule has 1 unspecified atom stereocenters. The summed E-state index contributed by atoms with van der Waals surface area (Å²) in [6, 6.07) is 20.9. The van der Waals surface area contributed by atoms with E-state index in [2.05, 4.69) is 5.32 Å². The standard InChI is InChI=1S/C23H21FN2O3/c1-28-21-11-10-17(12-22(21)29-15-16-6-3-2-4-7-16)20-14-25-23(27)26(20)19-9-5-8-18(24)13-19/h2-13,20H,14-15H2,1H3,(H,25,27). The fraction of sp³-hybridized carbons (Fsp3) is 0.174. The van der Waals surface area contributed by atoms with Crippen LogP contribution in [0.1, 0.15) is 17.2 Å². The van der Waals surface area contributed by atoms with Crippen molar-refractivity contribution in [2.24, 2.45) is 0 Å². The predicted molar refractivity (Wildman–Crippen MR) is 109 cm³/mol. The maximum absolute atomic E-state index is 13.7. The smallest absolute Gasteiger partial charge is 0.322 e. The van der Waals surface area contributed by atoms with Gasteiger partial charge in [0.1, 0.15) is 12.4 Å². The molecule has 0 radical (unpaired) electrons. The summed E-state index contributed by atoms with van der Waals surface area (Å²) >= 11 is 0. The van der Waals surface area contributed by atoms with Crippen LogP contribution in [-0.2, 0) is 6.61 Å². The normalized spacial score (nSPS) is 15.9. The summed E-state index contributed by atoms with van der Waals surface area (Å²) in [6.07, 6.45) is 0. The van der Waals surface area contributed by atoms with Crippen LogP contribution in [0, 0.1) is 5.82 Å². The Balaban J connectivity index is 1.62. The Hall–Kier alpha value is -3.54.